The second kappa shape index (κ2) is 10.3. The topological polar surface area (TPSA) is 67.8 Å². The maximum atomic E-state index is 12.2. The summed E-state index contributed by atoms with van der Waals surface area (Å²) < 4.78 is 1.70. The maximum Gasteiger partial charge on any atom is 0.236 e. The third-order valence-corrected chi connectivity index (χ3v) is 8.24. The first-order valence-corrected chi connectivity index (χ1v) is 12.6. The van der Waals surface area contributed by atoms with E-state index in [2.05, 4.69) is 20.5 Å². The lowest BCUT2D eigenvalue weighted by Crippen LogP contribution is -2.13. The molecule has 0 aliphatic heterocycles. The summed E-state index contributed by atoms with van der Waals surface area (Å²) in [6.45, 7) is 4.01. The van der Waals surface area contributed by atoms with Crippen LogP contribution >= 0.6 is 69.4 Å². The second-order valence-corrected chi connectivity index (χ2v) is 11.2. The van der Waals surface area contributed by atoms with E-state index in [1.165, 1.54) is 23.1 Å². The van der Waals surface area contributed by atoms with Crippen molar-refractivity contribution in [3.8, 4) is 0 Å². The first-order valence-electron chi connectivity index (χ1n) is 8.23. The van der Waals surface area contributed by atoms with Crippen LogP contribution in [-0.4, -0.2) is 32.6 Å². The molecule has 0 radical (unpaired) electrons. The van der Waals surface area contributed by atoms with Gasteiger partial charge in [-0.3, -0.25) is 10.1 Å². The van der Waals surface area contributed by atoms with Gasteiger partial charge in [-0.2, -0.15) is 0 Å². The van der Waals surface area contributed by atoms with Crippen molar-refractivity contribution in [1.29, 1.82) is 0 Å². The minimum Gasteiger partial charge on any atom is -0.300 e. The number of carbonyl (C=O) groups excluding carboxylic acids is 1. The zero-order valence-corrected chi connectivity index (χ0v) is 19.8. The predicted molar refractivity (Wildman–Crippen MR) is 122 cm³/mol. The Balaban J connectivity index is 1.57. The molecule has 0 bridgehead atoms. The van der Waals surface area contributed by atoms with Crippen LogP contribution in [0, 0.1) is 6.92 Å². The molecule has 0 saturated carbocycles. The minimum absolute atomic E-state index is 0.124. The van der Waals surface area contributed by atoms with Crippen LogP contribution in [-0.2, 0) is 11.2 Å². The molecule has 148 valence electrons. The van der Waals surface area contributed by atoms with Gasteiger partial charge in [0, 0.05) is 21.3 Å². The highest BCUT2D eigenvalue weighted by Crippen LogP contribution is 2.31. The van der Waals surface area contributed by atoms with Gasteiger partial charge in [-0.15, -0.1) is 21.5 Å². The van der Waals surface area contributed by atoms with E-state index in [0.717, 1.165) is 30.6 Å². The number of nitrogens with zero attached hydrogens (tertiary/aromatic N) is 3. The molecule has 3 rings (SSSR count). The summed E-state index contributed by atoms with van der Waals surface area (Å²) in [5.41, 5.74) is 1.90. The number of hydrogen-bond acceptors (Lipinski definition) is 8. The molecule has 5 nitrogen and oxygen atoms in total. The summed E-state index contributed by atoms with van der Waals surface area (Å²) in [6, 6.07) is 5.44. The molecular formula is C17H16Cl2N4OS4. The molecule has 0 saturated heterocycles. The quantitative estimate of drug-likeness (QED) is 0.306. The van der Waals surface area contributed by atoms with Crippen LogP contribution in [0.25, 0.3) is 0 Å². The number of amides is 1. The normalized spacial score (nSPS) is 11.0. The summed E-state index contributed by atoms with van der Waals surface area (Å²) in [4.78, 5) is 17.8. The van der Waals surface area contributed by atoms with Gasteiger partial charge in [0.2, 0.25) is 11.0 Å². The molecule has 2 heterocycles. The Labute approximate surface area is 189 Å². The lowest BCUT2D eigenvalue weighted by molar-refractivity contribution is -0.113. The van der Waals surface area contributed by atoms with Gasteiger partial charge in [0.25, 0.3) is 0 Å². The van der Waals surface area contributed by atoms with E-state index in [4.69, 9.17) is 23.2 Å². The molecule has 11 heteroatoms. The zero-order chi connectivity index (χ0) is 20.1. The highest BCUT2D eigenvalue weighted by molar-refractivity contribution is 8.01. The van der Waals surface area contributed by atoms with Crippen LogP contribution in [0.1, 0.15) is 23.1 Å². The average Bonchev–Trinajstić information content (AvgIpc) is 3.23. The molecule has 1 N–H and O–H groups in total. The van der Waals surface area contributed by atoms with E-state index >= 15 is 0 Å². The van der Waals surface area contributed by atoms with E-state index in [9.17, 15) is 4.79 Å². The third-order valence-electron chi connectivity index (χ3n) is 3.48. The number of aryl methyl sites for hydroxylation is 1. The number of aromatic nitrogens is 3. The number of halogens is 2. The SMILES string of the molecule is CCSc1nnc(NC(=O)CSc2nc(C)c(Cc3cc(Cl)ccc3Cl)s2)s1. The van der Waals surface area contributed by atoms with Crippen molar-refractivity contribution >= 4 is 80.4 Å². The Kier molecular flexibility index (Phi) is 8.02. The van der Waals surface area contributed by atoms with Crippen LogP contribution < -0.4 is 5.32 Å². The lowest BCUT2D eigenvalue weighted by atomic mass is 10.1. The monoisotopic (exact) mass is 490 g/mol. The highest BCUT2D eigenvalue weighted by Gasteiger charge is 2.14. The van der Waals surface area contributed by atoms with Crippen LogP contribution in [0.3, 0.4) is 0 Å². The molecular weight excluding hydrogens is 475 g/mol. The zero-order valence-electron chi connectivity index (χ0n) is 15.0. The standard InChI is InChI=1S/C17H16Cl2N4OS4/c1-3-25-17-23-22-15(28-17)21-14(24)8-26-16-20-9(2)13(27-16)7-10-6-11(18)4-5-12(10)19/h4-6H,3,7-8H2,1-2H3,(H,21,22,24). The number of thioether (sulfide) groups is 2. The molecule has 0 unspecified atom stereocenters. The average molecular weight is 492 g/mol. The molecule has 1 amide bonds. The second-order valence-electron chi connectivity index (χ2n) is 5.54. The molecule has 2 aromatic heterocycles. The van der Waals surface area contributed by atoms with Crippen molar-refractivity contribution in [2.75, 3.05) is 16.8 Å². The third kappa shape index (κ3) is 6.08. The van der Waals surface area contributed by atoms with Crippen molar-refractivity contribution in [2.45, 2.75) is 28.9 Å². The number of anilines is 1. The number of nitrogens with one attached hydrogen (secondary N) is 1. The Morgan fingerprint density at radius 1 is 1.18 bits per heavy atom. The van der Waals surface area contributed by atoms with Gasteiger partial charge >= 0.3 is 0 Å². The van der Waals surface area contributed by atoms with Crippen LogP contribution in [0.5, 0.6) is 0 Å². The number of rotatable bonds is 8. The largest absolute Gasteiger partial charge is 0.300 e. The van der Waals surface area contributed by atoms with Crippen molar-refractivity contribution in [3.05, 3.63) is 44.4 Å². The first-order chi connectivity index (χ1) is 13.4. The van der Waals surface area contributed by atoms with Crippen molar-refractivity contribution in [3.63, 3.8) is 0 Å². The number of carbonyl (C=O) groups is 1. The fourth-order valence-electron chi connectivity index (χ4n) is 2.20. The summed E-state index contributed by atoms with van der Waals surface area (Å²) in [5.74, 6) is 1.06. The van der Waals surface area contributed by atoms with Gasteiger partial charge in [-0.05, 0) is 36.4 Å². The molecule has 3 aromatic rings. The number of benzene rings is 1. The van der Waals surface area contributed by atoms with Crippen molar-refractivity contribution in [1.82, 2.24) is 15.2 Å². The Morgan fingerprint density at radius 3 is 2.79 bits per heavy atom. The van der Waals surface area contributed by atoms with Gasteiger partial charge in [0.05, 0.1) is 11.4 Å². The molecule has 0 aliphatic carbocycles. The van der Waals surface area contributed by atoms with Crippen LogP contribution in [0.15, 0.2) is 26.9 Å². The molecule has 28 heavy (non-hydrogen) atoms. The number of thiazole rings is 1. The van der Waals surface area contributed by atoms with E-state index in [1.807, 2.05) is 19.9 Å². The highest BCUT2D eigenvalue weighted by atomic mass is 35.5. The Bertz CT molecular complexity index is 976. The maximum absolute atomic E-state index is 12.2. The van der Waals surface area contributed by atoms with E-state index in [-0.39, 0.29) is 11.7 Å². The summed E-state index contributed by atoms with van der Waals surface area (Å²) in [6.07, 6.45) is 0.665. The fraction of sp³-hybridized carbons (Fsp3) is 0.294. The van der Waals surface area contributed by atoms with Crippen molar-refractivity contribution < 1.29 is 4.79 Å². The first kappa shape index (κ1) is 21.9. The van der Waals surface area contributed by atoms with Crippen molar-refractivity contribution in [2.24, 2.45) is 0 Å². The van der Waals surface area contributed by atoms with Gasteiger partial charge in [-0.25, -0.2) is 4.98 Å². The summed E-state index contributed by atoms with van der Waals surface area (Å²) in [5, 5.41) is 12.7. The molecule has 0 spiro atoms. The Hall–Kier alpha value is -0.840. The number of hydrogen-bond donors (Lipinski definition) is 1. The van der Waals surface area contributed by atoms with Crippen LogP contribution in [0.4, 0.5) is 5.13 Å². The summed E-state index contributed by atoms with van der Waals surface area (Å²) in [7, 11) is 0. The smallest absolute Gasteiger partial charge is 0.236 e. The minimum atomic E-state index is -0.124. The predicted octanol–water partition coefficient (Wildman–Crippen LogP) is 6.04. The fourth-order valence-corrected chi connectivity index (χ4v) is 6.30. The molecule has 1 aromatic carbocycles. The molecule has 0 aliphatic rings. The Morgan fingerprint density at radius 2 is 2.00 bits per heavy atom. The van der Waals surface area contributed by atoms with E-state index in [1.54, 1.807) is 35.2 Å². The van der Waals surface area contributed by atoms with Gasteiger partial charge in [-0.1, -0.05) is 65.0 Å². The van der Waals surface area contributed by atoms with E-state index < -0.39 is 0 Å². The van der Waals surface area contributed by atoms with E-state index in [0.29, 0.717) is 21.6 Å². The lowest BCUT2D eigenvalue weighted by Gasteiger charge is -2.03. The van der Waals surface area contributed by atoms with Gasteiger partial charge in [0.1, 0.15) is 0 Å². The summed E-state index contributed by atoms with van der Waals surface area (Å²) >= 11 is 18.3. The van der Waals surface area contributed by atoms with Gasteiger partial charge in [0.15, 0.2) is 8.68 Å². The van der Waals surface area contributed by atoms with Crippen LogP contribution in [0.2, 0.25) is 10.0 Å². The molecule has 0 atom stereocenters. The molecule has 0 fully saturated rings. The van der Waals surface area contributed by atoms with Gasteiger partial charge < -0.3 is 0 Å².